The second kappa shape index (κ2) is 8.93. The van der Waals surface area contributed by atoms with Gasteiger partial charge in [0.25, 0.3) is 0 Å². The molecule has 2 aromatic rings. The summed E-state index contributed by atoms with van der Waals surface area (Å²) in [7, 11) is 0. The van der Waals surface area contributed by atoms with Gasteiger partial charge in [-0.25, -0.2) is 0 Å². The summed E-state index contributed by atoms with van der Waals surface area (Å²) in [5.74, 6) is 2.46. The molecule has 0 N–H and O–H groups in total. The van der Waals surface area contributed by atoms with Crippen LogP contribution in [0, 0.1) is 13.8 Å². The lowest BCUT2D eigenvalue weighted by Crippen LogP contribution is -2.48. The third kappa shape index (κ3) is 5.02. The molecule has 0 aliphatic carbocycles. The largest absolute Gasteiger partial charge is 0.361 e. The predicted molar refractivity (Wildman–Crippen MR) is 105 cm³/mol. The number of benzene rings is 1. The number of aryl methyl sites for hydroxylation is 2. The zero-order chi connectivity index (χ0) is 18.5. The number of amides is 1. The molecule has 1 amide bonds. The number of hydrogen-bond donors (Lipinski definition) is 0. The average molecular weight is 394 g/mol. The van der Waals surface area contributed by atoms with E-state index in [1.54, 1.807) is 11.8 Å². The Kier molecular flexibility index (Phi) is 6.62. The van der Waals surface area contributed by atoms with Crippen LogP contribution in [-0.4, -0.2) is 52.8 Å². The summed E-state index contributed by atoms with van der Waals surface area (Å²) >= 11 is 7.54. The summed E-state index contributed by atoms with van der Waals surface area (Å²) < 4.78 is 5.23. The molecule has 5 nitrogen and oxygen atoms in total. The minimum atomic E-state index is 0.223. The molecule has 0 saturated carbocycles. The van der Waals surface area contributed by atoms with Gasteiger partial charge in [0.2, 0.25) is 5.91 Å². The molecule has 1 aromatic heterocycles. The minimum Gasteiger partial charge on any atom is -0.361 e. The van der Waals surface area contributed by atoms with E-state index in [0.29, 0.717) is 5.75 Å². The zero-order valence-corrected chi connectivity index (χ0v) is 16.8. The molecule has 1 aromatic carbocycles. The Hall–Kier alpha value is -1.50. The highest BCUT2D eigenvalue weighted by atomic mass is 35.5. The molecule has 0 spiro atoms. The standard InChI is InChI=1S/C19H24ClN3O2S/c1-14-18(15(2)25-21-14)11-22-7-9-23(10-8-22)19(24)13-26-12-16-3-5-17(20)6-4-16/h3-6H,7-13H2,1-2H3. The van der Waals surface area contributed by atoms with Gasteiger partial charge in [0.1, 0.15) is 5.76 Å². The van der Waals surface area contributed by atoms with E-state index in [0.717, 1.165) is 55.0 Å². The number of hydrogen-bond acceptors (Lipinski definition) is 5. The molecule has 0 radical (unpaired) electrons. The maximum Gasteiger partial charge on any atom is 0.232 e. The fourth-order valence-electron chi connectivity index (χ4n) is 3.03. The molecule has 1 aliphatic rings. The Balaban J connectivity index is 1.40. The van der Waals surface area contributed by atoms with Crippen LogP contribution in [0.4, 0.5) is 0 Å². The van der Waals surface area contributed by atoms with Crippen LogP contribution in [0.25, 0.3) is 0 Å². The summed E-state index contributed by atoms with van der Waals surface area (Å²) in [6, 6.07) is 7.79. The van der Waals surface area contributed by atoms with Gasteiger partial charge in [-0.2, -0.15) is 0 Å². The monoisotopic (exact) mass is 393 g/mol. The van der Waals surface area contributed by atoms with Gasteiger partial charge in [0.15, 0.2) is 0 Å². The van der Waals surface area contributed by atoms with Gasteiger partial charge in [-0.3, -0.25) is 9.69 Å². The first kappa shape index (κ1) is 19.3. The Labute approximate surface area is 163 Å². The molecule has 0 unspecified atom stereocenters. The van der Waals surface area contributed by atoms with E-state index in [4.69, 9.17) is 16.1 Å². The van der Waals surface area contributed by atoms with Crippen LogP contribution >= 0.6 is 23.4 Å². The summed E-state index contributed by atoms with van der Waals surface area (Å²) in [6.45, 7) is 8.10. The lowest BCUT2D eigenvalue weighted by atomic mass is 10.2. The quantitative estimate of drug-likeness (QED) is 0.751. The number of rotatable bonds is 6. The Morgan fingerprint density at radius 2 is 1.88 bits per heavy atom. The second-order valence-electron chi connectivity index (χ2n) is 6.58. The van der Waals surface area contributed by atoms with Crippen molar-refractivity contribution < 1.29 is 9.32 Å². The molecule has 1 saturated heterocycles. The lowest BCUT2D eigenvalue weighted by molar-refractivity contribution is -0.130. The van der Waals surface area contributed by atoms with E-state index in [-0.39, 0.29) is 5.91 Å². The maximum atomic E-state index is 12.4. The van der Waals surface area contributed by atoms with Crippen molar-refractivity contribution >= 4 is 29.3 Å². The van der Waals surface area contributed by atoms with Crippen molar-refractivity contribution in [2.45, 2.75) is 26.1 Å². The molecule has 1 fully saturated rings. The van der Waals surface area contributed by atoms with Crippen molar-refractivity contribution in [1.29, 1.82) is 0 Å². The van der Waals surface area contributed by atoms with Crippen LogP contribution in [0.5, 0.6) is 0 Å². The van der Waals surface area contributed by atoms with Crippen molar-refractivity contribution in [3.63, 3.8) is 0 Å². The van der Waals surface area contributed by atoms with Gasteiger partial charge in [0.05, 0.1) is 11.4 Å². The molecule has 0 atom stereocenters. The lowest BCUT2D eigenvalue weighted by Gasteiger charge is -2.34. The predicted octanol–water partition coefficient (Wildman–Crippen LogP) is 3.52. The van der Waals surface area contributed by atoms with Crippen molar-refractivity contribution in [1.82, 2.24) is 15.0 Å². The third-order valence-corrected chi connectivity index (χ3v) is 5.94. The van der Waals surface area contributed by atoms with Crippen molar-refractivity contribution in [3.8, 4) is 0 Å². The van der Waals surface area contributed by atoms with Crippen molar-refractivity contribution in [2.75, 3.05) is 31.9 Å². The number of aromatic nitrogens is 1. The van der Waals surface area contributed by atoms with Crippen LogP contribution < -0.4 is 0 Å². The van der Waals surface area contributed by atoms with Gasteiger partial charge in [0, 0.05) is 49.1 Å². The number of halogens is 1. The van der Waals surface area contributed by atoms with Crippen LogP contribution in [0.1, 0.15) is 22.6 Å². The van der Waals surface area contributed by atoms with E-state index in [9.17, 15) is 4.79 Å². The maximum absolute atomic E-state index is 12.4. The summed E-state index contributed by atoms with van der Waals surface area (Å²) in [5.41, 5.74) is 3.32. The van der Waals surface area contributed by atoms with E-state index in [1.807, 2.05) is 43.0 Å². The highest BCUT2D eigenvalue weighted by molar-refractivity contribution is 7.99. The molecule has 2 heterocycles. The molecule has 26 heavy (non-hydrogen) atoms. The van der Waals surface area contributed by atoms with Gasteiger partial charge in [-0.05, 0) is 31.5 Å². The molecule has 3 rings (SSSR count). The Bertz CT molecular complexity index is 720. The Morgan fingerprint density at radius 3 is 2.50 bits per heavy atom. The van der Waals surface area contributed by atoms with Crippen LogP contribution in [0.15, 0.2) is 28.8 Å². The fourth-order valence-corrected chi connectivity index (χ4v) is 4.05. The van der Waals surface area contributed by atoms with Crippen molar-refractivity contribution in [3.05, 3.63) is 51.9 Å². The molecule has 1 aliphatic heterocycles. The number of nitrogens with zero attached hydrogens (tertiary/aromatic N) is 3. The Morgan fingerprint density at radius 1 is 1.19 bits per heavy atom. The normalized spacial score (nSPS) is 15.4. The van der Waals surface area contributed by atoms with Crippen LogP contribution in [-0.2, 0) is 17.1 Å². The zero-order valence-electron chi connectivity index (χ0n) is 15.2. The first-order valence-corrected chi connectivity index (χ1v) is 10.3. The van der Waals surface area contributed by atoms with E-state index in [1.165, 1.54) is 11.1 Å². The van der Waals surface area contributed by atoms with E-state index < -0.39 is 0 Å². The summed E-state index contributed by atoms with van der Waals surface area (Å²) in [4.78, 5) is 16.7. The molecular weight excluding hydrogens is 370 g/mol. The van der Waals surface area contributed by atoms with Crippen LogP contribution in [0.3, 0.4) is 0 Å². The SMILES string of the molecule is Cc1noc(C)c1CN1CCN(C(=O)CSCc2ccc(Cl)cc2)CC1. The molecular formula is C19H24ClN3O2S. The molecule has 140 valence electrons. The van der Waals surface area contributed by atoms with E-state index in [2.05, 4.69) is 10.1 Å². The fraction of sp³-hybridized carbons (Fsp3) is 0.474. The molecule has 0 bridgehead atoms. The van der Waals surface area contributed by atoms with Gasteiger partial charge in [-0.1, -0.05) is 28.9 Å². The van der Waals surface area contributed by atoms with Gasteiger partial charge in [-0.15, -0.1) is 11.8 Å². The minimum absolute atomic E-state index is 0.223. The second-order valence-corrected chi connectivity index (χ2v) is 8.00. The first-order valence-electron chi connectivity index (χ1n) is 8.77. The van der Waals surface area contributed by atoms with Crippen molar-refractivity contribution in [2.24, 2.45) is 0 Å². The number of piperazine rings is 1. The topological polar surface area (TPSA) is 49.6 Å². The summed E-state index contributed by atoms with van der Waals surface area (Å²) in [6.07, 6.45) is 0. The first-order chi connectivity index (χ1) is 12.5. The number of thioether (sulfide) groups is 1. The smallest absolute Gasteiger partial charge is 0.232 e. The number of carbonyl (C=O) groups excluding carboxylic acids is 1. The molecule has 7 heteroatoms. The number of carbonyl (C=O) groups is 1. The summed E-state index contributed by atoms with van der Waals surface area (Å²) in [5, 5.41) is 4.75. The average Bonchev–Trinajstić information content (AvgIpc) is 2.96. The van der Waals surface area contributed by atoms with Crippen LogP contribution in [0.2, 0.25) is 5.02 Å². The highest BCUT2D eigenvalue weighted by Crippen LogP contribution is 2.18. The van der Waals surface area contributed by atoms with E-state index >= 15 is 0 Å². The third-order valence-electron chi connectivity index (χ3n) is 4.70. The van der Waals surface area contributed by atoms with Gasteiger partial charge < -0.3 is 9.42 Å². The van der Waals surface area contributed by atoms with Gasteiger partial charge >= 0.3 is 0 Å². The highest BCUT2D eigenvalue weighted by Gasteiger charge is 2.22.